The van der Waals surface area contributed by atoms with Crippen LogP contribution in [0.15, 0.2) is 18.2 Å². The summed E-state index contributed by atoms with van der Waals surface area (Å²) in [4.78, 5) is 27.9. The van der Waals surface area contributed by atoms with Crippen molar-refractivity contribution in [1.82, 2.24) is 9.80 Å². The molecule has 6 heteroatoms. The van der Waals surface area contributed by atoms with Crippen LogP contribution in [0.2, 0.25) is 5.02 Å². The average Bonchev–Trinajstić information content (AvgIpc) is 2.78. The fraction of sp³-hybridized carbons (Fsp3) is 0.529. The summed E-state index contributed by atoms with van der Waals surface area (Å²) in [6, 6.07) is 4.96. The van der Waals surface area contributed by atoms with E-state index in [4.69, 9.17) is 11.6 Å². The molecule has 1 atom stereocenters. The molecule has 0 spiro atoms. The maximum atomic E-state index is 12.7. The highest BCUT2D eigenvalue weighted by molar-refractivity contribution is 6.34. The predicted octanol–water partition coefficient (Wildman–Crippen LogP) is 2.71. The van der Waals surface area contributed by atoms with Gasteiger partial charge in [-0.3, -0.25) is 9.59 Å². The van der Waals surface area contributed by atoms with Crippen LogP contribution in [0.5, 0.6) is 0 Å². The molecule has 1 aliphatic rings. The Labute approximate surface area is 142 Å². The Morgan fingerprint density at radius 2 is 2.13 bits per heavy atom. The summed E-state index contributed by atoms with van der Waals surface area (Å²) in [6.07, 6.45) is 1.07. The minimum absolute atomic E-state index is 0.0981. The van der Waals surface area contributed by atoms with Crippen LogP contribution in [0.4, 0.5) is 5.69 Å². The SMILES string of the molecule is CC(=O)Nc1ccc(Cl)c(C(=O)N(C)C[C@]2(C)CCN(C)C2)c1. The van der Waals surface area contributed by atoms with Gasteiger partial charge >= 0.3 is 0 Å². The normalized spacial score (nSPS) is 21.3. The van der Waals surface area contributed by atoms with Crippen molar-refractivity contribution in [2.75, 3.05) is 39.0 Å². The number of hydrogen-bond donors (Lipinski definition) is 1. The first-order valence-electron chi connectivity index (χ1n) is 7.71. The van der Waals surface area contributed by atoms with Gasteiger partial charge in [-0.2, -0.15) is 0 Å². The molecule has 1 aliphatic heterocycles. The highest BCUT2D eigenvalue weighted by Gasteiger charge is 2.34. The molecule has 0 unspecified atom stereocenters. The molecule has 1 fully saturated rings. The van der Waals surface area contributed by atoms with Gasteiger partial charge in [0.25, 0.3) is 5.91 Å². The number of halogens is 1. The molecule has 5 nitrogen and oxygen atoms in total. The molecule has 1 saturated heterocycles. The zero-order chi connectivity index (χ0) is 17.2. The lowest BCUT2D eigenvalue weighted by molar-refractivity contribution is -0.114. The Bertz CT molecular complexity index is 620. The second kappa shape index (κ2) is 6.89. The van der Waals surface area contributed by atoms with Crippen molar-refractivity contribution in [1.29, 1.82) is 0 Å². The highest BCUT2D eigenvalue weighted by atomic mass is 35.5. The van der Waals surface area contributed by atoms with Gasteiger partial charge in [0.15, 0.2) is 0 Å². The molecule has 0 aromatic heterocycles. The van der Waals surface area contributed by atoms with Crippen LogP contribution in [0.3, 0.4) is 0 Å². The summed E-state index contributed by atoms with van der Waals surface area (Å²) in [5.41, 5.74) is 1.08. The van der Waals surface area contributed by atoms with Gasteiger partial charge in [-0.25, -0.2) is 0 Å². The molecule has 23 heavy (non-hydrogen) atoms. The van der Waals surface area contributed by atoms with Crippen molar-refractivity contribution in [3.8, 4) is 0 Å². The van der Waals surface area contributed by atoms with Crippen molar-refractivity contribution < 1.29 is 9.59 Å². The first kappa shape index (κ1) is 17.8. The van der Waals surface area contributed by atoms with Gasteiger partial charge < -0.3 is 15.1 Å². The fourth-order valence-corrected chi connectivity index (χ4v) is 3.42. The van der Waals surface area contributed by atoms with Crippen LogP contribution in [0, 0.1) is 5.41 Å². The average molecular weight is 338 g/mol. The number of nitrogens with one attached hydrogen (secondary N) is 1. The van der Waals surface area contributed by atoms with Gasteiger partial charge in [0, 0.05) is 32.7 Å². The third-order valence-corrected chi connectivity index (χ3v) is 4.56. The number of carbonyl (C=O) groups excluding carboxylic acids is 2. The molecular formula is C17H24ClN3O2. The van der Waals surface area contributed by atoms with Crippen LogP contribution < -0.4 is 5.32 Å². The van der Waals surface area contributed by atoms with E-state index in [1.165, 1.54) is 6.92 Å². The van der Waals surface area contributed by atoms with Crippen molar-refractivity contribution >= 4 is 29.1 Å². The van der Waals surface area contributed by atoms with Crippen LogP contribution in [-0.4, -0.2) is 55.3 Å². The number of benzene rings is 1. The van der Waals surface area contributed by atoms with Crippen molar-refractivity contribution in [2.45, 2.75) is 20.3 Å². The van der Waals surface area contributed by atoms with Crippen LogP contribution in [0.25, 0.3) is 0 Å². The number of nitrogens with zero attached hydrogens (tertiary/aromatic N) is 2. The topological polar surface area (TPSA) is 52.7 Å². The first-order chi connectivity index (χ1) is 10.7. The van der Waals surface area contributed by atoms with Crippen molar-refractivity contribution in [3.05, 3.63) is 28.8 Å². The smallest absolute Gasteiger partial charge is 0.255 e. The number of carbonyl (C=O) groups is 2. The zero-order valence-corrected chi connectivity index (χ0v) is 14.9. The fourth-order valence-electron chi connectivity index (χ4n) is 3.22. The molecule has 0 aliphatic carbocycles. The molecule has 1 aromatic carbocycles. The van der Waals surface area contributed by atoms with E-state index in [1.54, 1.807) is 30.1 Å². The van der Waals surface area contributed by atoms with E-state index < -0.39 is 0 Å². The molecule has 0 bridgehead atoms. The van der Waals surface area contributed by atoms with Crippen molar-refractivity contribution in [3.63, 3.8) is 0 Å². The summed E-state index contributed by atoms with van der Waals surface area (Å²) < 4.78 is 0. The highest BCUT2D eigenvalue weighted by Crippen LogP contribution is 2.30. The molecular weight excluding hydrogens is 314 g/mol. The lowest BCUT2D eigenvalue weighted by Crippen LogP contribution is -2.38. The number of hydrogen-bond acceptors (Lipinski definition) is 3. The van der Waals surface area contributed by atoms with Gasteiger partial charge in [0.05, 0.1) is 10.6 Å². The maximum absolute atomic E-state index is 12.7. The monoisotopic (exact) mass is 337 g/mol. The third kappa shape index (κ3) is 4.45. The molecule has 0 radical (unpaired) electrons. The second-order valence-electron chi connectivity index (χ2n) is 6.84. The Hall–Kier alpha value is -1.59. The van der Waals surface area contributed by atoms with Gasteiger partial charge in [0.2, 0.25) is 5.91 Å². The number of anilines is 1. The minimum atomic E-state index is -0.180. The lowest BCUT2D eigenvalue weighted by Gasteiger charge is -2.30. The van der Waals surface area contributed by atoms with E-state index in [0.29, 0.717) is 22.8 Å². The van der Waals surface area contributed by atoms with Gasteiger partial charge in [-0.1, -0.05) is 18.5 Å². The zero-order valence-electron chi connectivity index (χ0n) is 14.1. The van der Waals surface area contributed by atoms with E-state index in [-0.39, 0.29) is 17.2 Å². The van der Waals surface area contributed by atoms with Gasteiger partial charge in [-0.05, 0) is 43.6 Å². The Kier molecular flexibility index (Phi) is 5.32. The van der Waals surface area contributed by atoms with E-state index >= 15 is 0 Å². The number of likely N-dealkylation sites (tertiary alicyclic amines) is 1. The van der Waals surface area contributed by atoms with E-state index in [0.717, 1.165) is 19.5 Å². The van der Waals surface area contributed by atoms with Crippen LogP contribution >= 0.6 is 11.6 Å². The maximum Gasteiger partial charge on any atom is 0.255 e. The summed E-state index contributed by atoms with van der Waals surface area (Å²) in [6.45, 7) is 6.34. The predicted molar refractivity (Wildman–Crippen MR) is 92.9 cm³/mol. The van der Waals surface area contributed by atoms with Gasteiger partial charge in [-0.15, -0.1) is 0 Å². The Balaban J connectivity index is 2.14. The second-order valence-corrected chi connectivity index (χ2v) is 7.24. The first-order valence-corrected chi connectivity index (χ1v) is 8.09. The molecule has 1 aromatic rings. The molecule has 2 amide bonds. The number of rotatable bonds is 4. The van der Waals surface area contributed by atoms with Crippen LogP contribution in [-0.2, 0) is 4.79 Å². The summed E-state index contributed by atoms with van der Waals surface area (Å²) in [7, 11) is 3.90. The van der Waals surface area contributed by atoms with Crippen molar-refractivity contribution in [2.24, 2.45) is 5.41 Å². The summed E-state index contributed by atoms with van der Waals surface area (Å²) in [5.74, 6) is -0.307. The number of amides is 2. The van der Waals surface area contributed by atoms with E-state index in [2.05, 4.69) is 24.2 Å². The Morgan fingerprint density at radius 3 is 2.70 bits per heavy atom. The summed E-state index contributed by atoms with van der Waals surface area (Å²) in [5, 5.41) is 3.07. The molecule has 2 rings (SSSR count). The lowest BCUT2D eigenvalue weighted by atomic mass is 9.89. The molecule has 1 N–H and O–H groups in total. The molecule has 1 heterocycles. The largest absolute Gasteiger partial charge is 0.341 e. The van der Waals surface area contributed by atoms with Crippen LogP contribution in [0.1, 0.15) is 30.6 Å². The molecule has 0 saturated carbocycles. The standard InChI is InChI=1S/C17H24ClN3O2/c1-12(22)19-13-5-6-15(18)14(9-13)16(23)21(4)11-17(2)7-8-20(3)10-17/h5-6,9H,7-8,10-11H2,1-4H3,(H,19,22)/t17-/m1/s1. The Morgan fingerprint density at radius 1 is 1.43 bits per heavy atom. The van der Waals surface area contributed by atoms with E-state index in [1.807, 2.05) is 0 Å². The minimum Gasteiger partial charge on any atom is -0.341 e. The van der Waals surface area contributed by atoms with E-state index in [9.17, 15) is 9.59 Å². The molecule has 126 valence electrons. The quantitative estimate of drug-likeness (QED) is 0.919. The third-order valence-electron chi connectivity index (χ3n) is 4.23. The summed E-state index contributed by atoms with van der Waals surface area (Å²) >= 11 is 6.18. The van der Waals surface area contributed by atoms with Gasteiger partial charge in [0.1, 0.15) is 0 Å².